The van der Waals surface area contributed by atoms with Crippen LogP contribution in [0.1, 0.15) is 43.7 Å². The fourth-order valence-corrected chi connectivity index (χ4v) is 5.73. The van der Waals surface area contributed by atoms with Gasteiger partial charge in [0.15, 0.2) is 5.13 Å². The number of ketones is 1. The summed E-state index contributed by atoms with van der Waals surface area (Å²) in [4.78, 5) is 55.6. The van der Waals surface area contributed by atoms with Crippen molar-refractivity contribution in [3.05, 3.63) is 121 Å². The van der Waals surface area contributed by atoms with E-state index in [9.17, 15) is 29.6 Å². The Hall–Kier alpha value is -5.36. The van der Waals surface area contributed by atoms with Crippen LogP contribution in [0.25, 0.3) is 5.76 Å². The Morgan fingerprint density at radius 2 is 1.79 bits per heavy atom. The summed E-state index contributed by atoms with van der Waals surface area (Å²) in [5.41, 5.74) is 2.22. The van der Waals surface area contributed by atoms with Gasteiger partial charge in [0.25, 0.3) is 11.5 Å². The van der Waals surface area contributed by atoms with E-state index in [0.29, 0.717) is 12.4 Å². The van der Waals surface area contributed by atoms with Crippen molar-refractivity contribution in [1.82, 2.24) is 4.98 Å². The highest BCUT2D eigenvalue weighted by atomic mass is 32.1. The lowest BCUT2D eigenvalue weighted by molar-refractivity contribution is -0.384. The van der Waals surface area contributed by atoms with E-state index in [2.05, 4.69) is 4.98 Å². The minimum atomic E-state index is -1.27. The van der Waals surface area contributed by atoms with E-state index in [-0.39, 0.29) is 38.1 Å². The molecule has 0 saturated carbocycles. The fraction of sp³-hybridized carbons (Fsp3) is 0.161. The molecule has 1 amide bonds. The van der Waals surface area contributed by atoms with Gasteiger partial charge in [-0.25, -0.2) is 9.78 Å². The first-order chi connectivity index (χ1) is 20.6. The minimum absolute atomic E-state index is 0.00416. The summed E-state index contributed by atoms with van der Waals surface area (Å²) in [6.45, 7) is 3.86. The number of aryl methyl sites for hydroxylation is 2. The number of carbonyl (C=O) groups excluding carboxylic acids is 3. The number of nitro groups is 1. The van der Waals surface area contributed by atoms with Crippen LogP contribution in [0, 0.1) is 24.0 Å². The van der Waals surface area contributed by atoms with Crippen LogP contribution < -0.4 is 9.64 Å². The topological polar surface area (TPSA) is 149 Å². The van der Waals surface area contributed by atoms with E-state index >= 15 is 0 Å². The number of Topliss-reactive ketones (excluding diaryl/α,β-unsaturated/α-hetero) is 1. The monoisotopic (exact) mass is 599 g/mol. The van der Waals surface area contributed by atoms with Gasteiger partial charge in [-0.05, 0) is 54.8 Å². The summed E-state index contributed by atoms with van der Waals surface area (Å²) in [5, 5.41) is 23.0. The minimum Gasteiger partial charge on any atom is -0.507 e. The molecule has 0 spiro atoms. The van der Waals surface area contributed by atoms with Crippen LogP contribution in [0.2, 0.25) is 0 Å². The molecule has 4 aromatic rings. The third-order valence-corrected chi connectivity index (χ3v) is 8.12. The summed E-state index contributed by atoms with van der Waals surface area (Å²) in [6, 6.07) is 18.3. The highest BCUT2D eigenvalue weighted by Gasteiger charge is 2.48. The molecule has 12 heteroatoms. The van der Waals surface area contributed by atoms with Crippen LogP contribution in [-0.4, -0.2) is 39.8 Å². The second-order valence-corrected chi connectivity index (χ2v) is 10.6. The van der Waals surface area contributed by atoms with Crippen LogP contribution in [0.4, 0.5) is 10.8 Å². The van der Waals surface area contributed by atoms with Crippen LogP contribution in [0.5, 0.6) is 5.75 Å². The van der Waals surface area contributed by atoms with E-state index in [0.717, 1.165) is 27.4 Å². The standard InChI is InChI=1S/C31H25N3O8S/c1-17-7-4-5-8-21(17)16-42-23-13-11-19(12-14-23)26(35)24-25(20-9-6-10-22(15-20)34(39)40)33(29(37)27(24)36)31-32-18(2)28(43-31)30(38)41-3/h4-15,25,35H,16H2,1-3H3. The zero-order valence-corrected chi connectivity index (χ0v) is 24.1. The van der Waals surface area contributed by atoms with Gasteiger partial charge >= 0.3 is 11.9 Å². The molecule has 1 unspecified atom stereocenters. The molecule has 1 fully saturated rings. The number of aromatic nitrogens is 1. The van der Waals surface area contributed by atoms with Gasteiger partial charge < -0.3 is 14.6 Å². The van der Waals surface area contributed by atoms with Crippen molar-refractivity contribution >= 4 is 45.6 Å². The maximum atomic E-state index is 13.5. The van der Waals surface area contributed by atoms with Gasteiger partial charge in [0.1, 0.15) is 23.0 Å². The molecule has 3 aromatic carbocycles. The number of aliphatic hydroxyl groups is 1. The largest absolute Gasteiger partial charge is 0.507 e. The summed E-state index contributed by atoms with van der Waals surface area (Å²) in [5.74, 6) is -2.66. The van der Waals surface area contributed by atoms with Crippen molar-refractivity contribution in [2.75, 3.05) is 12.0 Å². The molecule has 1 saturated heterocycles. The number of thiazole rings is 1. The van der Waals surface area contributed by atoms with Crippen LogP contribution >= 0.6 is 11.3 Å². The number of anilines is 1. The number of carbonyl (C=O) groups is 3. The molecule has 1 aromatic heterocycles. The summed E-state index contributed by atoms with van der Waals surface area (Å²) in [7, 11) is 1.20. The van der Waals surface area contributed by atoms with Crippen molar-refractivity contribution in [2.24, 2.45) is 0 Å². The molecule has 1 aliphatic rings. The molecule has 0 bridgehead atoms. The maximum Gasteiger partial charge on any atom is 0.350 e. The Morgan fingerprint density at radius 1 is 1.07 bits per heavy atom. The molecule has 11 nitrogen and oxygen atoms in total. The predicted octanol–water partition coefficient (Wildman–Crippen LogP) is 5.66. The number of benzene rings is 3. The summed E-state index contributed by atoms with van der Waals surface area (Å²) >= 11 is 0.833. The molecule has 1 N–H and O–H groups in total. The third-order valence-electron chi connectivity index (χ3n) is 6.99. The Balaban J connectivity index is 1.57. The molecular formula is C31H25N3O8S. The normalized spacial score (nSPS) is 15.9. The lowest BCUT2D eigenvalue weighted by Gasteiger charge is -2.22. The average Bonchev–Trinajstić information content (AvgIpc) is 3.52. The number of hydrogen-bond acceptors (Lipinski definition) is 10. The lowest BCUT2D eigenvalue weighted by Crippen LogP contribution is -2.29. The molecule has 43 heavy (non-hydrogen) atoms. The highest BCUT2D eigenvalue weighted by molar-refractivity contribution is 7.17. The smallest absolute Gasteiger partial charge is 0.350 e. The third kappa shape index (κ3) is 5.60. The first-order valence-electron chi connectivity index (χ1n) is 13.0. The molecule has 2 heterocycles. The van der Waals surface area contributed by atoms with Crippen molar-refractivity contribution in [3.63, 3.8) is 0 Å². The van der Waals surface area contributed by atoms with Gasteiger partial charge in [0.05, 0.1) is 29.3 Å². The van der Waals surface area contributed by atoms with E-state index in [4.69, 9.17) is 9.47 Å². The number of nitrogens with zero attached hydrogens (tertiary/aromatic N) is 3. The first kappa shape index (κ1) is 29.1. The highest BCUT2D eigenvalue weighted by Crippen LogP contribution is 2.44. The number of ether oxygens (including phenoxy) is 2. The Labute approximate surface area is 249 Å². The van der Waals surface area contributed by atoms with Crippen molar-refractivity contribution in [3.8, 4) is 5.75 Å². The van der Waals surface area contributed by atoms with Crippen molar-refractivity contribution in [2.45, 2.75) is 26.5 Å². The predicted molar refractivity (Wildman–Crippen MR) is 158 cm³/mol. The molecular weight excluding hydrogens is 574 g/mol. The van der Waals surface area contributed by atoms with Crippen LogP contribution in [-0.2, 0) is 20.9 Å². The van der Waals surface area contributed by atoms with E-state index < -0.39 is 34.4 Å². The second kappa shape index (κ2) is 11.9. The lowest BCUT2D eigenvalue weighted by atomic mass is 9.95. The quantitative estimate of drug-likeness (QED) is 0.0676. The maximum absolute atomic E-state index is 13.5. The second-order valence-electron chi connectivity index (χ2n) is 9.66. The molecule has 0 aliphatic carbocycles. The van der Waals surface area contributed by atoms with Crippen LogP contribution in [0.15, 0.2) is 78.4 Å². The number of methoxy groups -OCH3 is 1. The molecule has 0 radical (unpaired) electrons. The molecule has 1 atom stereocenters. The van der Waals surface area contributed by atoms with Gasteiger partial charge in [-0.15, -0.1) is 0 Å². The number of nitro benzene ring substituents is 1. The van der Waals surface area contributed by atoms with Crippen molar-refractivity contribution in [1.29, 1.82) is 0 Å². The Morgan fingerprint density at radius 3 is 2.47 bits per heavy atom. The Bertz CT molecular complexity index is 1790. The van der Waals surface area contributed by atoms with Crippen LogP contribution in [0.3, 0.4) is 0 Å². The van der Waals surface area contributed by atoms with E-state index in [1.165, 1.54) is 31.4 Å². The summed E-state index contributed by atoms with van der Waals surface area (Å²) in [6.07, 6.45) is 0. The number of esters is 1. The number of rotatable bonds is 8. The van der Waals surface area contributed by atoms with Crippen molar-refractivity contribution < 1.29 is 33.9 Å². The Kier molecular flexibility index (Phi) is 8.04. The van der Waals surface area contributed by atoms with Gasteiger partial charge in [-0.3, -0.25) is 24.6 Å². The zero-order valence-electron chi connectivity index (χ0n) is 23.3. The van der Waals surface area contributed by atoms with Gasteiger partial charge in [0, 0.05) is 17.7 Å². The summed E-state index contributed by atoms with van der Waals surface area (Å²) < 4.78 is 10.7. The van der Waals surface area contributed by atoms with Gasteiger partial charge in [-0.1, -0.05) is 47.7 Å². The van der Waals surface area contributed by atoms with Gasteiger partial charge in [-0.2, -0.15) is 0 Å². The first-order valence-corrected chi connectivity index (χ1v) is 13.8. The zero-order chi connectivity index (χ0) is 30.8. The SMILES string of the molecule is COC(=O)c1sc(N2C(=O)C(=O)C(=C(O)c3ccc(OCc4ccccc4C)cc3)C2c2cccc([N+](=O)[O-])c2)nc1C. The number of aliphatic hydroxyl groups excluding tert-OH is 1. The number of hydrogen-bond donors (Lipinski definition) is 1. The number of non-ortho nitro benzene ring substituents is 1. The van der Waals surface area contributed by atoms with E-state index in [1.54, 1.807) is 31.2 Å². The fourth-order valence-electron chi connectivity index (χ4n) is 4.72. The van der Waals surface area contributed by atoms with E-state index in [1.807, 2.05) is 31.2 Å². The molecule has 1 aliphatic heterocycles. The average molecular weight is 600 g/mol. The van der Waals surface area contributed by atoms with Gasteiger partial charge in [0.2, 0.25) is 0 Å². The number of amides is 1. The molecule has 5 rings (SSSR count). The molecule has 218 valence electrons.